The summed E-state index contributed by atoms with van der Waals surface area (Å²) in [7, 11) is 0. The summed E-state index contributed by atoms with van der Waals surface area (Å²) in [6, 6.07) is 5.62. The second-order valence-electron chi connectivity index (χ2n) is 5.55. The third-order valence-corrected chi connectivity index (χ3v) is 4.66. The monoisotopic (exact) mass is 301 g/mol. The van der Waals surface area contributed by atoms with E-state index in [2.05, 4.69) is 9.97 Å². The van der Waals surface area contributed by atoms with E-state index in [0.29, 0.717) is 11.6 Å². The minimum absolute atomic E-state index is 0.0579. The van der Waals surface area contributed by atoms with E-state index in [4.69, 9.17) is 0 Å². The Hall–Kier alpha value is -1.75. The Labute approximate surface area is 128 Å². The Bertz CT molecular complexity index is 612. The number of hydrogen-bond donors (Lipinski definition) is 0. The maximum atomic E-state index is 12.6. The fourth-order valence-corrected chi connectivity index (χ4v) is 3.57. The van der Waals surface area contributed by atoms with Gasteiger partial charge in [-0.2, -0.15) is 0 Å². The number of piperidine rings is 1. The molecule has 1 aliphatic heterocycles. The third-order valence-electron chi connectivity index (χ3n) is 3.86. The number of carbonyl (C=O) groups excluding carboxylic acids is 1. The van der Waals surface area contributed by atoms with Crippen molar-refractivity contribution in [1.29, 1.82) is 0 Å². The Morgan fingerprint density at radius 3 is 3.14 bits per heavy atom. The molecule has 1 atom stereocenters. The number of aryl methyl sites for hydroxylation is 1. The van der Waals surface area contributed by atoms with Crippen molar-refractivity contribution in [3.8, 4) is 0 Å². The summed E-state index contributed by atoms with van der Waals surface area (Å²) in [5.41, 5.74) is 1.45. The molecule has 1 amide bonds. The Kier molecular flexibility index (Phi) is 4.29. The predicted octanol–water partition coefficient (Wildman–Crippen LogP) is 2.94. The second kappa shape index (κ2) is 6.35. The molecule has 3 heterocycles. The zero-order valence-corrected chi connectivity index (χ0v) is 13.0. The predicted molar refractivity (Wildman–Crippen MR) is 83.4 cm³/mol. The first-order chi connectivity index (χ1) is 10.2. The molecule has 0 aliphatic carbocycles. The van der Waals surface area contributed by atoms with E-state index in [1.54, 1.807) is 17.4 Å². The van der Waals surface area contributed by atoms with Crippen LogP contribution < -0.4 is 0 Å². The number of nitrogens with zero attached hydrogens (tertiary/aromatic N) is 3. The molecule has 0 N–H and O–H groups in total. The lowest BCUT2D eigenvalue weighted by Crippen LogP contribution is -2.40. The van der Waals surface area contributed by atoms with E-state index < -0.39 is 0 Å². The number of thiazole rings is 1. The Morgan fingerprint density at radius 2 is 2.38 bits per heavy atom. The molecule has 21 heavy (non-hydrogen) atoms. The van der Waals surface area contributed by atoms with Crippen molar-refractivity contribution in [2.75, 3.05) is 13.1 Å². The van der Waals surface area contributed by atoms with Gasteiger partial charge in [-0.3, -0.25) is 4.79 Å². The van der Waals surface area contributed by atoms with Crippen LogP contribution in [0.2, 0.25) is 0 Å². The summed E-state index contributed by atoms with van der Waals surface area (Å²) < 4.78 is 0. The first kappa shape index (κ1) is 14.2. The van der Waals surface area contributed by atoms with Gasteiger partial charge >= 0.3 is 0 Å². The average molecular weight is 301 g/mol. The molecule has 3 rings (SSSR count). The molecule has 4 nitrogen and oxygen atoms in total. The highest BCUT2D eigenvalue weighted by atomic mass is 32.1. The molecule has 2 aromatic heterocycles. The molecule has 1 aliphatic rings. The van der Waals surface area contributed by atoms with Crippen LogP contribution in [0.3, 0.4) is 0 Å². The van der Waals surface area contributed by atoms with Gasteiger partial charge in [-0.05, 0) is 37.8 Å². The number of hydrogen-bond acceptors (Lipinski definition) is 4. The lowest BCUT2D eigenvalue weighted by molar-refractivity contribution is 0.0667. The smallest absolute Gasteiger partial charge is 0.272 e. The van der Waals surface area contributed by atoms with Crippen LogP contribution in [0.1, 0.15) is 34.0 Å². The Morgan fingerprint density at radius 1 is 1.48 bits per heavy atom. The van der Waals surface area contributed by atoms with Gasteiger partial charge in [0, 0.05) is 36.8 Å². The van der Waals surface area contributed by atoms with Crippen LogP contribution >= 0.6 is 11.3 Å². The second-order valence-corrected chi connectivity index (χ2v) is 6.53. The van der Waals surface area contributed by atoms with Crippen molar-refractivity contribution < 1.29 is 4.79 Å². The van der Waals surface area contributed by atoms with Crippen LogP contribution in [0.5, 0.6) is 0 Å². The summed E-state index contributed by atoms with van der Waals surface area (Å²) in [4.78, 5) is 23.2. The number of amides is 1. The van der Waals surface area contributed by atoms with Crippen molar-refractivity contribution in [3.05, 3.63) is 46.2 Å². The maximum absolute atomic E-state index is 12.6. The van der Waals surface area contributed by atoms with Gasteiger partial charge in [0.25, 0.3) is 5.91 Å². The van der Waals surface area contributed by atoms with Gasteiger partial charge < -0.3 is 4.90 Å². The lowest BCUT2D eigenvalue weighted by Gasteiger charge is -2.32. The summed E-state index contributed by atoms with van der Waals surface area (Å²) in [5, 5.41) is 3.18. The number of likely N-dealkylation sites (tertiary alicyclic amines) is 1. The molecular formula is C16H19N3OS. The highest BCUT2D eigenvalue weighted by Crippen LogP contribution is 2.22. The van der Waals surface area contributed by atoms with Gasteiger partial charge in [0.1, 0.15) is 5.69 Å². The zero-order chi connectivity index (χ0) is 14.7. The van der Waals surface area contributed by atoms with Crippen LogP contribution in [-0.2, 0) is 6.42 Å². The van der Waals surface area contributed by atoms with E-state index in [0.717, 1.165) is 31.6 Å². The highest BCUT2D eigenvalue weighted by molar-refractivity contribution is 7.09. The van der Waals surface area contributed by atoms with Crippen molar-refractivity contribution in [1.82, 2.24) is 14.9 Å². The quantitative estimate of drug-likeness (QED) is 0.875. The van der Waals surface area contributed by atoms with E-state index in [1.165, 1.54) is 11.4 Å². The van der Waals surface area contributed by atoms with Gasteiger partial charge in [0.2, 0.25) is 0 Å². The number of pyridine rings is 1. The molecule has 0 bridgehead atoms. The van der Waals surface area contributed by atoms with Crippen molar-refractivity contribution in [2.24, 2.45) is 5.92 Å². The lowest BCUT2D eigenvalue weighted by atomic mass is 9.95. The molecule has 110 valence electrons. The van der Waals surface area contributed by atoms with E-state index >= 15 is 0 Å². The third kappa shape index (κ3) is 3.47. The van der Waals surface area contributed by atoms with Gasteiger partial charge in [-0.25, -0.2) is 9.97 Å². The van der Waals surface area contributed by atoms with E-state index in [9.17, 15) is 4.79 Å². The summed E-state index contributed by atoms with van der Waals surface area (Å²) in [6.45, 7) is 3.56. The fraction of sp³-hybridized carbons (Fsp3) is 0.438. The molecule has 0 spiro atoms. The minimum Gasteiger partial charge on any atom is -0.337 e. The number of aromatic nitrogens is 2. The zero-order valence-electron chi connectivity index (χ0n) is 12.2. The van der Waals surface area contributed by atoms with Crippen LogP contribution in [0, 0.1) is 12.8 Å². The normalized spacial score (nSPS) is 18.7. The maximum Gasteiger partial charge on any atom is 0.272 e. The van der Waals surface area contributed by atoms with Crippen molar-refractivity contribution >= 4 is 17.2 Å². The van der Waals surface area contributed by atoms with Crippen LogP contribution in [0.4, 0.5) is 0 Å². The fourth-order valence-electron chi connectivity index (χ4n) is 2.84. The minimum atomic E-state index is 0.0579. The molecule has 5 heteroatoms. The van der Waals surface area contributed by atoms with Gasteiger partial charge in [0.15, 0.2) is 0 Å². The molecule has 0 radical (unpaired) electrons. The van der Waals surface area contributed by atoms with E-state index in [1.807, 2.05) is 35.5 Å². The topological polar surface area (TPSA) is 46.1 Å². The molecule has 0 saturated carbocycles. The largest absolute Gasteiger partial charge is 0.337 e. The van der Waals surface area contributed by atoms with Crippen LogP contribution in [-0.4, -0.2) is 33.9 Å². The number of rotatable bonds is 3. The standard InChI is InChI=1S/C16H19N3OS/c1-12-4-2-6-14(18-12)16(20)19-8-3-5-13(11-19)10-15-17-7-9-21-15/h2,4,6-7,9,13H,3,5,8,10-11H2,1H3. The van der Waals surface area contributed by atoms with Crippen LogP contribution in [0.25, 0.3) is 0 Å². The average Bonchev–Trinajstić information content (AvgIpc) is 3.00. The van der Waals surface area contributed by atoms with Crippen molar-refractivity contribution in [2.45, 2.75) is 26.2 Å². The molecule has 1 fully saturated rings. The first-order valence-corrected chi connectivity index (χ1v) is 8.21. The SMILES string of the molecule is Cc1cccc(C(=O)N2CCCC(Cc3nccs3)C2)n1. The molecule has 2 aromatic rings. The van der Waals surface area contributed by atoms with Crippen LogP contribution in [0.15, 0.2) is 29.8 Å². The number of carbonyl (C=O) groups is 1. The van der Waals surface area contributed by atoms with Gasteiger partial charge in [-0.15, -0.1) is 11.3 Å². The summed E-state index contributed by atoms with van der Waals surface area (Å²) in [6.07, 6.45) is 5.06. The molecular weight excluding hydrogens is 282 g/mol. The molecule has 0 aromatic carbocycles. The summed E-state index contributed by atoms with van der Waals surface area (Å²) >= 11 is 1.70. The molecule has 1 saturated heterocycles. The highest BCUT2D eigenvalue weighted by Gasteiger charge is 2.25. The first-order valence-electron chi connectivity index (χ1n) is 7.33. The van der Waals surface area contributed by atoms with E-state index in [-0.39, 0.29) is 5.91 Å². The van der Waals surface area contributed by atoms with Gasteiger partial charge in [-0.1, -0.05) is 6.07 Å². The van der Waals surface area contributed by atoms with Gasteiger partial charge in [0.05, 0.1) is 5.01 Å². The van der Waals surface area contributed by atoms with Crippen molar-refractivity contribution in [3.63, 3.8) is 0 Å². The molecule has 1 unspecified atom stereocenters. The Balaban J connectivity index is 1.66. The summed E-state index contributed by atoms with van der Waals surface area (Å²) in [5.74, 6) is 0.571.